The lowest BCUT2D eigenvalue weighted by Gasteiger charge is -2.36. The van der Waals surface area contributed by atoms with Gasteiger partial charge in [0.1, 0.15) is 5.75 Å². The van der Waals surface area contributed by atoms with Crippen molar-refractivity contribution in [1.82, 2.24) is 23.6 Å². The lowest BCUT2D eigenvalue weighted by Crippen LogP contribution is -2.50. The van der Waals surface area contributed by atoms with Crippen molar-refractivity contribution in [3.63, 3.8) is 0 Å². The number of nitrogens with one attached hydrogen (secondary N) is 4. The van der Waals surface area contributed by atoms with Gasteiger partial charge < -0.3 is 20.1 Å². The number of anilines is 3. The fraction of sp³-hybridized carbons (Fsp3) is 0.593. The number of morpholine rings is 1. The van der Waals surface area contributed by atoms with Crippen LogP contribution in [0.3, 0.4) is 0 Å². The van der Waals surface area contributed by atoms with Crippen LogP contribution in [0.25, 0.3) is 11.2 Å². The molecule has 216 valence electrons. The summed E-state index contributed by atoms with van der Waals surface area (Å²) >= 11 is 0. The maximum absolute atomic E-state index is 13.1. The number of benzene rings is 1. The predicted octanol–water partition coefficient (Wildman–Crippen LogP) is 3.03. The summed E-state index contributed by atoms with van der Waals surface area (Å²) in [6.07, 6.45) is 9.35. The zero-order chi connectivity index (χ0) is 27.5. The van der Waals surface area contributed by atoms with Crippen molar-refractivity contribution in [2.24, 2.45) is 0 Å². The third kappa shape index (κ3) is 5.73. The van der Waals surface area contributed by atoms with E-state index in [1.807, 2.05) is 12.1 Å². The van der Waals surface area contributed by atoms with E-state index < -0.39 is 10.2 Å². The number of rotatable bonds is 8. The van der Waals surface area contributed by atoms with Crippen molar-refractivity contribution in [3.8, 4) is 5.75 Å². The molecule has 1 aliphatic carbocycles. The average Bonchev–Trinajstić information content (AvgIpc) is 3.48. The van der Waals surface area contributed by atoms with Crippen LogP contribution >= 0.6 is 0 Å². The summed E-state index contributed by atoms with van der Waals surface area (Å²) in [6, 6.07) is 6.53. The molecule has 3 aliphatic rings. The van der Waals surface area contributed by atoms with E-state index >= 15 is 0 Å². The molecular formula is C27H39N8O4S+. The predicted molar refractivity (Wildman–Crippen MR) is 152 cm³/mol. The molecule has 0 spiro atoms. The van der Waals surface area contributed by atoms with E-state index in [0.29, 0.717) is 57.1 Å². The highest BCUT2D eigenvalue weighted by atomic mass is 32.2. The monoisotopic (exact) mass is 571 g/mol. The van der Waals surface area contributed by atoms with E-state index in [1.54, 1.807) is 22.0 Å². The number of piperidine rings is 1. The molecule has 13 heteroatoms. The molecule has 2 saturated heterocycles. The Morgan fingerprint density at radius 2 is 1.77 bits per heavy atom. The van der Waals surface area contributed by atoms with Crippen LogP contribution in [0.5, 0.6) is 5.75 Å². The number of imidazole rings is 1. The molecule has 6 rings (SSSR count). The van der Waals surface area contributed by atoms with E-state index in [9.17, 15) is 8.42 Å². The van der Waals surface area contributed by atoms with E-state index in [0.717, 1.165) is 53.9 Å². The standard InChI is InChI=1S/C27H38N8O4S/c1-38-23-17-20(19-9-11-34(12-10-19)40(36,37)35-13-15-39-16-14-35)7-8-22(23)31-27-32-25-24(28-18-29-25)26(33-27)30-21-5-3-2-4-6-21/h7-8,17-19,21H,2-6,9-16H2,1H3,(H3,28,29,30,31,32,33)/p+1. The minimum atomic E-state index is -3.44. The molecule has 1 aromatic carbocycles. The van der Waals surface area contributed by atoms with Crippen LogP contribution in [0.1, 0.15) is 56.4 Å². The number of aromatic amines is 2. The van der Waals surface area contributed by atoms with E-state index in [1.165, 1.54) is 19.3 Å². The Morgan fingerprint density at radius 1 is 1.02 bits per heavy atom. The maximum Gasteiger partial charge on any atom is 0.307 e. The quantitative estimate of drug-likeness (QED) is 0.375. The Balaban J connectivity index is 1.15. The molecule has 2 aromatic heterocycles. The number of methoxy groups -OCH3 is 1. The fourth-order valence-corrected chi connectivity index (χ4v) is 7.63. The van der Waals surface area contributed by atoms with Crippen LogP contribution in [0.15, 0.2) is 24.5 Å². The summed E-state index contributed by atoms with van der Waals surface area (Å²) in [5.74, 6) is 2.22. The molecule has 4 N–H and O–H groups in total. The molecule has 0 unspecified atom stereocenters. The smallest absolute Gasteiger partial charge is 0.307 e. The number of ether oxygens (including phenoxy) is 2. The molecule has 3 fully saturated rings. The number of H-pyrrole nitrogens is 2. The normalized spacial score (nSPS) is 20.5. The Hall–Kier alpha value is -3.00. The van der Waals surface area contributed by atoms with E-state index in [2.05, 4.69) is 31.7 Å². The molecule has 0 amide bonds. The molecule has 3 aromatic rings. The SMILES string of the molecule is COc1cc(C2CCN(S(=O)(=O)N3CCOCC3)CC2)ccc1Nc1nc(NC2CCCCC2)c2[nH]c[nH+]c2n1. The summed E-state index contributed by atoms with van der Waals surface area (Å²) < 4.78 is 40.3. The molecule has 2 aliphatic heterocycles. The van der Waals surface area contributed by atoms with Gasteiger partial charge in [0.2, 0.25) is 5.52 Å². The molecule has 0 radical (unpaired) electrons. The molecule has 0 atom stereocenters. The fourth-order valence-electron chi connectivity index (χ4n) is 6.03. The summed E-state index contributed by atoms with van der Waals surface area (Å²) in [5, 5.41) is 6.97. The van der Waals surface area contributed by atoms with Gasteiger partial charge in [-0.15, -0.1) is 0 Å². The van der Waals surface area contributed by atoms with Gasteiger partial charge >= 0.3 is 11.6 Å². The van der Waals surface area contributed by atoms with Crippen LogP contribution in [0.4, 0.5) is 17.5 Å². The minimum absolute atomic E-state index is 0.257. The first kappa shape index (κ1) is 27.2. The van der Waals surface area contributed by atoms with Crippen molar-refractivity contribution < 1.29 is 22.9 Å². The summed E-state index contributed by atoms with van der Waals surface area (Å²) in [6.45, 7) is 2.76. The first-order chi connectivity index (χ1) is 19.5. The lowest BCUT2D eigenvalue weighted by atomic mass is 9.90. The van der Waals surface area contributed by atoms with Crippen molar-refractivity contribution in [1.29, 1.82) is 0 Å². The Kier molecular flexibility index (Phi) is 8.05. The Morgan fingerprint density at radius 3 is 2.52 bits per heavy atom. The summed E-state index contributed by atoms with van der Waals surface area (Å²) in [5.41, 5.74) is 3.50. The topological polar surface area (TPSA) is 139 Å². The molecular weight excluding hydrogens is 532 g/mol. The van der Waals surface area contributed by atoms with Gasteiger partial charge in [-0.2, -0.15) is 22.0 Å². The van der Waals surface area contributed by atoms with E-state index in [-0.39, 0.29) is 5.92 Å². The largest absolute Gasteiger partial charge is 0.495 e. The van der Waals surface area contributed by atoms with Gasteiger partial charge in [0.25, 0.3) is 10.2 Å². The second kappa shape index (κ2) is 11.9. The number of nitrogens with zero attached hydrogens (tertiary/aromatic N) is 4. The number of hydrogen-bond donors (Lipinski definition) is 3. The van der Waals surface area contributed by atoms with Gasteiger partial charge in [0.05, 0.1) is 26.0 Å². The highest BCUT2D eigenvalue weighted by molar-refractivity contribution is 7.86. The second-order valence-electron chi connectivity index (χ2n) is 10.8. The molecule has 40 heavy (non-hydrogen) atoms. The Bertz CT molecular complexity index is 1410. The second-order valence-corrected chi connectivity index (χ2v) is 12.7. The average molecular weight is 572 g/mol. The molecule has 12 nitrogen and oxygen atoms in total. The van der Waals surface area contributed by atoms with Gasteiger partial charge in [-0.05, 0) is 49.3 Å². The molecule has 1 saturated carbocycles. The third-order valence-electron chi connectivity index (χ3n) is 8.30. The van der Waals surface area contributed by atoms with Crippen LogP contribution in [-0.2, 0) is 14.9 Å². The van der Waals surface area contributed by atoms with Crippen molar-refractivity contribution in [2.75, 3.05) is 57.1 Å². The van der Waals surface area contributed by atoms with Gasteiger partial charge in [0.15, 0.2) is 12.1 Å². The molecule has 0 bridgehead atoms. The van der Waals surface area contributed by atoms with Gasteiger partial charge in [-0.3, -0.25) is 4.98 Å². The highest BCUT2D eigenvalue weighted by Gasteiger charge is 2.34. The van der Waals surface area contributed by atoms with E-state index in [4.69, 9.17) is 14.5 Å². The van der Waals surface area contributed by atoms with Crippen molar-refractivity contribution in [3.05, 3.63) is 30.1 Å². The zero-order valence-corrected chi connectivity index (χ0v) is 23.8. The summed E-state index contributed by atoms with van der Waals surface area (Å²) in [7, 11) is -1.79. The lowest BCUT2D eigenvalue weighted by molar-refractivity contribution is -0.347. The number of aromatic nitrogens is 4. The van der Waals surface area contributed by atoms with Crippen molar-refractivity contribution in [2.45, 2.75) is 56.9 Å². The molecule has 4 heterocycles. The van der Waals surface area contributed by atoms with Crippen LogP contribution in [0, 0.1) is 0 Å². The first-order valence-corrected chi connectivity index (χ1v) is 15.7. The highest BCUT2D eigenvalue weighted by Crippen LogP contribution is 2.36. The Labute approximate surface area is 235 Å². The third-order valence-corrected chi connectivity index (χ3v) is 10.3. The summed E-state index contributed by atoms with van der Waals surface area (Å²) in [4.78, 5) is 15.9. The number of fused-ring (bicyclic) bond motifs is 1. The van der Waals surface area contributed by atoms with Gasteiger partial charge in [0, 0.05) is 32.2 Å². The first-order valence-electron chi connectivity index (χ1n) is 14.3. The van der Waals surface area contributed by atoms with Crippen molar-refractivity contribution >= 4 is 38.8 Å². The minimum Gasteiger partial charge on any atom is -0.495 e. The van der Waals surface area contributed by atoms with Crippen LogP contribution in [0.2, 0.25) is 0 Å². The maximum atomic E-state index is 13.1. The van der Waals surface area contributed by atoms with Crippen LogP contribution in [-0.4, -0.2) is 84.5 Å². The van der Waals surface area contributed by atoms with Gasteiger partial charge in [-0.1, -0.05) is 30.3 Å². The van der Waals surface area contributed by atoms with Gasteiger partial charge in [-0.25, -0.2) is 4.98 Å². The zero-order valence-electron chi connectivity index (χ0n) is 23.0. The van der Waals surface area contributed by atoms with Crippen LogP contribution < -0.4 is 20.4 Å². The number of hydrogen-bond acceptors (Lipinski definition) is 8.